The van der Waals surface area contributed by atoms with Gasteiger partial charge in [-0.1, -0.05) is 0 Å². The smallest absolute Gasteiger partial charge is 0.253 e. The first kappa shape index (κ1) is 13.4. The summed E-state index contributed by atoms with van der Waals surface area (Å²) in [5.74, 6) is 0.764. The van der Waals surface area contributed by atoms with E-state index >= 15 is 0 Å². The minimum atomic E-state index is 0.0397. The van der Waals surface area contributed by atoms with Gasteiger partial charge in [-0.3, -0.25) is 4.79 Å². The van der Waals surface area contributed by atoms with Crippen molar-refractivity contribution in [3.8, 4) is 5.75 Å². The van der Waals surface area contributed by atoms with Crippen molar-refractivity contribution < 1.29 is 14.3 Å². The van der Waals surface area contributed by atoms with Gasteiger partial charge >= 0.3 is 0 Å². The highest BCUT2D eigenvalue weighted by molar-refractivity contribution is 9.10. The largest absolute Gasteiger partial charge is 0.496 e. The first-order chi connectivity index (χ1) is 8.65. The molecule has 0 N–H and O–H groups in total. The molecule has 0 aromatic heterocycles. The van der Waals surface area contributed by atoms with Crippen molar-refractivity contribution in [3.63, 3.8) is 0 Å². The van der Waals surface area contributed by atoms with Crippen molar-refractivity contribution >= 4 is 21.8 Å². The van der Waals surface area contributed by atoms with E-state index in [0.29, 0.717) is 12.1 Å². The Bertz CT molecular complexity index is 450. The number of rotatable bonds is 3. The van der Waals surface area contributed by atoms with Crippen LogP contribution in [0.4, 0.5) is 0 Å². The summed E-state index contributed by atoms with van der Waals surface area (Å²) in [6, 6.07) is 5.37. The third-order valence-corrected chi connectivity index (χ3v) is 3.78. The van der Waals surface area contributed by atoms with Crippen LogP contribution >= 0.6 is 15.9 Å². The van der Waals surface area contributed by atoms with E-state index in [9.17, 15) is 4.79 Å². The lowest BCUT2D eigenvalue weighted by atomic mass is 10.2. The van der Waals surface area contributed by atoms with Crippen molar-refractivity contribution in [2.75, 3.05) is 27.3 Å². The fraction of sp³-hybridized carbons (Fsp3) is 0.462. The van der Waals surface area contributed by atoms with Gasteiger partial charge in [0.2, 0.25) is 0 Å². The number of ether oxygens (including phenoxy) is 2. The Kier molecular flexibility index (Phi) is 4.24. The van der Waals surface area contributed by atoms with Crippen LogP contribution in [0.2, 0.25) is 0 Å². The van der Waals surface area contributed by atoms with Crippen LogP contribution in [0.15, 0.2) is 22.7 Å². The molecule has 18 heavy (non-hydrogen) atoms. The summed E-state index contributed by atoms with van der Waals surface area (Å²) >= 11 is 3.39. The maximum atomic E-state index is 12.3. The Morgan fingerprint density at radius 1 is 1.44 bits per heavy atom. The Morgan fingerprint density at radius 2 is 2.22 bits per heavy atom. The molecule has 1 atom stereocenters. The standard InChI is InChI=1S/C13H16BrNO3/c1-17-10-5-6-15(8-10)13(16)9-3-4-12(18-2)11(14)7-9/h3-4,7,10H,5-6,8H2,1-2H3. The van der Waals surface area contributed by atoms with E-state index in [-0.39, 0.29) is 12.0 Å². The minimum Gasteiger partial charge on any atom is -0.496 e. The van der Waals surface area contributed by atoms with Gasteiger partial charge in [0.25, 0.3) is 5.91 Å². The van der Waals surface area contributed by atoms with E-state index in [1.54, 1.807) is 32.4 Å². The molecule has 98 valence electrons. The van der Waals surface area contributed by atoms with E-state index in [2.05, 4.69) is 15.9 Å². The maximum absolute atomic E-state index is 12.3. The topological polar surface area (TPSA) is 38.8 Å². The molecule has 1 fully saturated rings. The molecule has 1 aliphatic rings. The van der Waals surface area contributed by atoms with Crippen LogP contribution in [0, 0.1) is 0 Å². The molecule has 0 radical (unpaired) electrons. The van der Waals surface area contributed by atoms with Gasteiger partial charge in [-0.15, -0.1) is 0 Å². The molecule has 0 aliphatic carbocycles. The number of carbonyl (C=O) groups excluding carboxylic acids is 1. The van der Waals surface area contributed by atoms with Crippen molar-refractivity contribution in [1.82, 2.24) is 4.90 Å². The molecule has 5 heteroatoms. The van der Waals surface area contributed by atoms with E-state index < -0.39 is 0 Å². The second-order valence-electron chi connectivity index (χ2n) is 4.25. The molecule has 0 saturated carbocycles. The molecule has 1 amide bonds. The van der Waals surface area contributed by atoms with E-state index in [4.69, 9.17) is 9.47 Å². The fourth-order valence-electron chi connectivity index (χ4n) is 2.09. The maximum Gasteiger partial charge on any atom is 0.253 e. The average Bonchev–Trinajstić information content (AvgIpc) is 2.86. The summed E-state index contributed by atoms with van der Waals surface area (Å²) in [4.78, 5) is 14.1. The normalized spacial score (nSPS) is 19.1. The molecule has 1 unspecified atom stereocenters. The lowest BCUT2D eigenvalue weighted by molar-refractivity contribution is 0.0724. The lowest BCUT2D eigenvalue weighted by Gasteiger charge is -2.16. The second-order valence-corrected chi connectivity index (χ2v) is 5.10. The van der Waals surface area contributed by atoms with Crippen LogP contribution in [-0.4, -0.2) is 44.2 Å². The van der Waals surface area contributed by atoms with Crippen LogP contribution in [0.1, 0.15) is 16.8 Å². The Balaban J connectivity index is 2.12. The van der Waals surface area contributed by atoms with Gasteiger partial charge in [-0.05, 0) is 40.5 Å². The van der Waals surface area contributed by atoms with Crippen LogP contribution in [0.25, 0.3) is 0 Å². The predicted molar refractivity (Wildman–Crippen MR) is 72.0 cm³/mol. The number of benzene rings is 1. The van der Waals surface area contributed by atoms with Crippen LogP contribution in [-0.2, 0) is 4.74 Å². The third kappa shape index (κ3) is 2.67. The number of methoxy groups -OCH3 is 2. The number of hydrogen-bond donors (Lipinski definition) is 0. The van der Waals surface area contributed by atoms with E-state index in [0.717, 1.165) is 23.2 Å². The summed E-state index contributed by atoms with van der Waals surface area (Å²) in [6.07, 6.45) is 1.06. The second kappa shape index (κ2) is 5.71. The summed E-state index contributed by atoms with van der Waals surface area (Å²) in [5, 5.41) is 0. The zero-order valence-corrected chi connectivity index (χ0v) is 12.1. The molecule has 2 rings (SSSR count). The quantitative estimate of drug-likeness (QED) is 0.859. The highest BCUT2D eigenvalue weighted by Gasteiger charge is 2.26. The molecule has 1 aromatic carbocycles. The van der Waals surface area contributed by atoms with E-state index in [1.807, 2.05) is 4.90 Å². The number of nitrogens with zero attached hydrogens (tertiary/aromatic N) is 1. The van der Waals surface area contributed by atoms with Gasteiger partial charge in [0.05, 0.1) is 17.7 Å². The average molecular weight is 314 g/mol. The Morgan fingerprint density at radius 3 is 2.78 bits per heavy atom. The van der Waals surface area contributed by atoms with Crippen molar-refractivity contribution in [2.24, 2.45) is 0 Å². The number of carbonyl (C=O) groups is 1. The lowest BCUT2D eigenvalue weighted by Crippen LogP contribution is -2.29. The summed E-state index contributed by atoms with van der Waals surface area (Å²) in [6.45, 7) is 1.42. The molecule has 4 nitrogen and oxygen atoms in total. The van der Waals surface area contributed by atoms with Gasteiger partial charge < -0.3 is 14.4 Å². The monoisotopic (exact) mass is 313 g/mol. The molecule has 1 saturated heterocycles. The van der Waals surface area contributed by atoms with Gasteiger partial charge in [0, 0.05) is 25.8 Å². The zero-order chi connectivity index (χ0) is 13.1. The molecule has 1 aliphatic heterocycles. The fourth-order valence-corrected chi connectivity index (χ4v) is 2.63. The molecule has 1 heterocycles. The zero-order valence-electron chi connectivity index (χ0n) is 10.5. The van der Waals surface area contributed by atoms with Gasteiger partial charge in [-0.2, -0.15) is 0 Å². The minimum absolute atomic E-state index is 0.0397. The van der Waals surface area contributed by atoms with Gasteiger partial charge in [-0.25, -0.2) is 0 Å². The Hall–Kier alpha value is -1.07. The number of amides is 1. The van der Waals surface area contributed by atoms with Crippen LogP contribution < -0.4 is 4.74 Å². The molecular formula is C13H16BrNO3. The molecular weight excluding hydrogens is 298 g/mol. The van der Waals surface area contributed by atoms with Gasteiger partial charge in [0.1, 0.15) is 5.75 Å². The summed E-state index contributed by atoms with van der Waals surface area (Å²) in [7, 11) is 3.29. The third-order valence-electron chi connectivity index (χ3n) is 3.16. The molecule has 1 aromatic rings. The first-order valence-corrected chi connectivity index (χ1v) is 6.60. The predicted octanol–water partition coefficient (Wildman–Crippen LogP) is 2.32. The molecule has 0 spiro atoms. The number of likely N-dealkylation sites (tertiary alicyclic amines) is 1. The number of halogens is 1. The highest BCUT2D eigenvalue weighted by Crippen LogP contribution is 2.26. The Labute approximate surface area is 115 Å². The van der Waals surface area contributed by atoms with Crippen molar-refractivity contribution in [1.29, 1.82) is 0 Å². The van der Waals surface area contributed by atoms with Crippen molar-refractivity contribution in [3.05, 3.63) is 28.2 Å². The van der Waals surface area contributed by atoms with Crippen LogP contribution in [0.5, 0.6) is 5.75 Å². The van der Waals surface area contributed by atoms with Crippen LogP contribution in [0.3, 0.4) is 0 Å². The number of hydrogen-bond acceptors (Lipinski definition) is 3. The highest BCUT2D eigenvalue weighted by atomic mass is 79.9. The van der Waals surface area contributed by atoms with E-state index in [1.165, 1.54) is 0 Å². The van der Waals surface area contributed by atoms with Crippen molar-refractivity contribution in [2.45, 2.75) is 12.5 Å². The SMILES string of the molecule is COc1ccc(C(=O)N2CCC(OC)C2)cc1Br. The summed E-state index contributed by atoms with van der Waals surface area (Å²) in [5.41, 5.74) is 0.666. The summed E-state index contributed by atoms with van der Waals surface area (Å²) < 4.78 is 11.2. The molecule has 0 bridgehead atoms. The first-order valence-electron chi connectivity index (χ1n) is 5.81. The van der Waals surface area contributed by atoms with Gasteiger partial charge in [0.15, 0.2) is 0 Å².